The Bertz CT molecular complexity index is 1870. The van der Waals surface area contributed by atoms with Gasteiger partial charge in [-0.25, -0.2) is 10.2 Å². The van der Waals surface area contributed by atoms with Crippen molar-refractivity contribution in [1.29, 1.82) is 0 Å². The molecule has 0 unspecified atom stereocenters. The first kappa shape index (κ1) is 41.9. The van der Waals surface area contributed by atoms with Gasteiger partial charge in [0, 0.05) is 54.2 Å². The SMILES string of the molecule is CCNC(=O)N1Cc2cc(OCC3CC3)c(Br)c3c2[C@]2(C[C@H]1CO[Si](CC)(C(C)C)C(C)C)[C@@H](C[C@@H](NNc1ccc([N+](=O)[O-])cc1)C[C@H]2SCc1ccco1)O3. The number of halogens is 1. The van der Waals surface area contributed by atoms with Crippen LogP contribution in [0.4, 0.5) is 16.2 Å². The number of nitro groups is 1. The molecule has 3 N–H and O–H groups in total. The third-order valence-corrected chi connectivity index (χ3v) is 20.7. The number of carbonyl (C=O) groups excluding carboxylic acids is 1. The maximum Gasteiger partial charge on any atom is 0.318 e. The number of furan rings is 1. The zero-order valence-electron chi connectivity index (χ0n) is 34.0. The molecule has 5 atom stereocenters. The van der Waals surface area contributed by atoms with E-state index in [4.69, 9.17) is 18.3 Å². The summed E-state index contributed by atoms with van der Waals surface area (Å²) in [4.78, 5) is 27.2. The first-order valence-electron chi connectivity index (χ1n) is 20.6. The van der Waals surface area contributed by atoms with E-state index in [-0.39, 0.29) is 35.2 Å². The Morgan fingerprint density at radius 2 is 1.88 bits per heavy atom. The lowest BCUT2D eigenvalue weighted by Crippen LogP contribution is -2.59. The highest BCUT2D eigenvalue weighted by atomic mass is 79.9. The van der Waals surface area contributed by atoms with Crippen LogP contribution in [0.2, 0.25) is 17.1 Å². The van der Waals surface area contributed by atoms with Crippen LogP contribution in [0.15, 0.2) is 57.6 Å². The van der Waals surface area contributed by atoms with E-state index in [1.165, 1.54) is 30.5 Å². The number of urea groups is 1. The van der Waals surface area contributed by atoms with Crippen molar-refractivity contribution in [1.82, 2.24) is 15.6 Å². The average Bonchev–Trinajstić information content (AvgIpc) is 3.79. The minimum Gasteiger partial charge on any atom is -0.492 e. The number of benzene rings is 2. The van der Waals surface area contributed by atoms with Gasteiger partial charge in [-0.1, -0.05) is 34.6 Å². The van der Waals surface area contributed by atoms with Gasteiger partial charge in [-0.15, -0.1) is 11.8 Å². The van der Waals surface area contributed by atoms with E-state index in [0.717, 1.165) is 45.4 Å². The highest BCUT2D eigenvalue weighted by Crippen LogP contribution is 2.62. The summed E-state index contributed by atoms with van der Waals surface area (Å²) in [7, 11) is -2.21. The minimum atomic E-state index is -2.21. The fourth-order valence-corrected chi connectivity index (χ4v) is 16.0. The van der Waals surface area contributed by atoms with Crippen LogP contribution >= 0.6 is 27.7 Å². The van der Waals surface area contributed by atoms with Crippen LogP contribution in [-0.4, -0.2) is 67.4 Å². The number of rotatable bonds is 17. The number of carbonyl (C=O) groups is 1. The Balaban J connectivity index is 1.31. The second-order valence-electron chi connectivity index (χ2n) is 16.8. The van der Waals surface area contributed by atoms with Crippen LogP contribution in [0.25, 0.3) is 0 Å². The Labute approximate surface area is 350 Å². The number of ether oxygens (including phenoxy) is 2. The van der Waals surface area contributed by atoms with Crippen molar-refractivity contribution >= 4 is 53.4 Å². The predicted molar refractivity (Wildman–Crippen MR) is 231 cm³/mol. The molecule has 3 aromatic rings. The van der Waals surface area contributed by atoms with Crippen LogP contribution in [0.5, 0.6) is 11.5 Å². The summed E-state index contributed by atoms with van der Waals surface area (Å²) in [6, 6.07) is 13.2. The van der Waals surface area contributed by atoms with Crippen molar-refractivity contribution < 1.29 is 28.0 Å². The maximum atomic E-state index is 14.3. The van der Waals surface area contributed by atoms with E-state index >= 15 is 0 Å². The van der Waals surface area contributed by atoms with Gasteiger partial charge in [0.2, 0.25) is 0 Å². The van der Waals surface area contributed by atoms with Crippen LogP contribution < -0.4 is 25.6 Å². The zero-order valence-corrected chi connectivity index (χ0v) is 37.4. The Morgan fingerprint density at radius 1 is 1.12 bits per heavy atom. The van der Waals surface area contributed by atoms with Crippen molar-refractivity contribution in [2.45, 2.75) is 132 Å². The van der Waals surface area contributed by atoms with Gasteiger partial charge in [-0.3, -0.25) is 10.1 Å². The monoisotopic (exact) mass is 883 g/mol. The van der Waals surface area contributed by atoms with Crippen molar-refractivity contribution in [3.8, 4) is 11.5 Å². The van der Waals surface area contributed by atoms with E-state index in [9.17, 15) is 14.9 Å². The van der Waals surface area contributed by atoms with Crippen molar-refractivity contribution in [2.75, 3.05) is 25.2 Å². The van der Waals surface area contributed by atoms with E-state index < -0.39 is 18.7 Å². The second kappa shape index (κ2) is 17.5. The van der Waals surface area contributed by atoms with E-state index in [0.29, 0.717) is 61.9 Å². The van der Waals surface area contributed by atoms with Crippen LogP contribution in [0.1, 0.15) is 90.5 Å². The molecular formula is C42H58BrN5O7SSi. The molecule has 1 spiro atoms. The molecule has 12 nitrogen and oxygen atoms in total. The molecule has 2 aliphatic carbocycles. The number of nitro benzene ring substituents is 1. The number of hydrazine groups is 1. The summed E-state index contributed by atoms with van der Waals surface area (Å²) in [5.41, 5.74) is 10.3. The number of nitrogens with zero attached hydrogens (tertiary/aromatic N) is 2. The second-order valence-corrected chi connectivity index (χ2v) is 24.0. The molecule has 0 saturated heterocycles. The summed E-state index contributed by atoms with van der Waals surface area (Å²) < 4.78 is 27.8. The minimum absolute atomic E-state index is 0.00785. The molecule has 3 heterocycles. The number of hydrogen-bond acceptors (Lipinski definition) is 10. The van der Waals surface area contributed by atoms with Crippen molar-refractivity contribution in [3.63, 3.8) is 0 Å². The molecule has 2 aliphatic heterocycles. The zero-order chi connectivity index (χ0) is 40.5. The van der Waals surface area contributed by atoms with E-state index in [1.807, 2.05) is 35.7 Å². The number of amides is 2. The van der Waals surface area contributed by atoms with Crippen molar-refractivity contribution in [2.24, 2.45) is 5.92 Å². The van der Waals surface area contributed by atoms with Gasteiger partial charge in [0.15, 0.2) is 8.32 Å². The predicted octanol–water partition coefficient (Wildman–Crippen LogP) is 9.92. The van der Waals surface area contributed by atoms with Gasteiger partial charge in [0.1, 0.15) is 27.8 Å². The number of anilines is 1. The molecule has 2 amide bonds. The number of hydrogen-bond donors (Lipinski definition) is 3. The third-order valence-electron chi connectivity index (χ3n) is 12.8. The van der Waals surface area contributed by atoms with E-state index in [2.05, 4.69) is 72.8 Å². The molecule has 0 radical (unpaired) electrons. The number of non-ortho nitro benzene ring substituents is 1. The highest BCUT2D eigenvalue weighted by Gasteiger charge is 2.62. The van der Waals surface area contributed by atoms with Gasteiger partial charge >= 0.3 is 6.03 Å². The molecule has 7 rings (SSSR count). The Morgan fingerprint density at radius 3 is 2.51 bits per heavy atom. The summed E-state index contributed by atoms with van der Waals surface area (Å²) in [6.07, 6.45) is 6.00. The maximum absolute atomic E-state index is 14.3. The lowest BCUT2D eigenvalue weighted by Gasteiger charge is -2.49. The summed E-state index contributed by atoms with van der Waals surface area (Å²) in [5, 5.41) is 14.5. The molecule has 2 fully saturated rings. The van der Waals surface area contributed by atoms with Crippen LogP contribution in [-0.2, 0) is 22.1 Å². The highest BCUT2D eigenvalue weighted by molar-refractivity contribution is 9.10. The number of nitrogens with one attached hydrogen (secondary N) is 3. The fourth-order valence-electron chi connectivity index (χ4n) is 9.61. The topological polar surface area (TPSA) is 140 Å². The molecule has 0 bridgehead atoms. The molecule has 2 aromatic carbocycles. The lowest BCUT2D eigenvalue weighted by atomic mass is 9.63. The van der Waals surface area contributed by atoms with Crippen molar-refractivity contribution in [3.05, 3.63) is 80.2 Å². The normalized spacial score (nSPS) is 24.1. The average molecular weight is 885 g/mol. The lowest BCUT2D eigenvalue weighted by molar-refractivity contribution is -0.384. The quantitative estimate of drug-likeness (QED) is 0.0682. The van der Waals surface area contributed by atoms with Crippen LogP contribution in [0.3, 0.4) is 0 Å². The number of thioether (sulfide) groups is 1. The Hall–Kier alpha value is -3.24. The van der Waals surface area contributed by atoms with Gasteiger partial charge in [0.05, 0.1) is 41.6 Å². The van der Waals surface area contributed by atoms with Gasteiger partial charge in [-0.2, -0.15) is 0 Å². The van der Waals surface area contributed by atoms with E-state index in [1.54, 1.807) is 18.4 Å². The summed E-state index contributed by atoms with van der Waals surface area (Å²) in [6.45, 7) is 15.5. The first-order chi connectivity index (χ1) is 27.4. The Kier molecular flexibility index (Phi) is 12.9. The van der Waals surface area contributed by atoms with Gasteiger partial charge < -0.3 is 34.0 Å². The third kappa shape index (κ3) is 8.46. The summed E-state index contributed by atoms with van der Waals surface area (Å²) in [5.74, 6) is 3.71. The molecule has 15 heteroatoms. The molecule has 2 saturated carbocycles. The van der Waals surface area contributed by atoms with Crippen LogP contribution in [0, 0.1) is 16.0 Å². The molecular weight excluding hydrogens is 827 g/mol. The van der Waals surface area contributed by atoms with Gasteiger partial charge in [-0.05, 0) is 107 Å². The molecule has 310 valence electrons. The molecule has 57 heavy (non-hydrogen) atoms. The summed E-state index contributed by atoms with van der Waals surface area (Å²) >= 11 is 5.86. The standard InChI is InChI=1S/C42H58BrN5O7SSi/c1-7-44-41(49)47-22-29-18-35(53-23-28-11-12-28)39(43)40-38(29)42(21-33(47)24-54-57(8-2,26(3)4)27(5)6)36(55-40)19-31(20-37(42)56-25-34-10-9-17-52-34)46-45-30-13-15-32(16-14-30)48(50)51/h9-10,13-18,26-28,31,33,36-37,45-46H,7-8,11-12,19-25H2,1-6H3,(H,44,49)/t31-,33+,36-,37-,42-/m1/s1. The first-order valence-corrected chi connectivity index (χ1v) is 24.7. The molecule has 1 aromatic heterocycles. The largest absolute Gasteiger partial charge is 0.492 e. The van der Waals surface area contributed by atoms with Gasteiger partial charge in [0.25, 0.3) is 5.69 Å². The smallest absolute Gasteiger partial charge is 0.318 e. The fraction of sp³-hybridized carbons (Fsp3) is 0.595. The molecule has 4 aliphatic rings.